The highest BCUT2D eigenvalue weighted by Gasteiger charge is 2.58. The number of nitrogens with zero attached hydrogens (tertiary/aromatic N) is 2. The Balaban J connectivity index is 1.05. The smallest absolute Gasteiger partial charge is 0.233 e. The van der Waals surface area contributed by atoms with Gasteiger partial charge in [0.15, 0.2) is 5.96 Å². The van der Waals surface area contributed by atoms with Gasteiger partial charge in [-0.15, -0.1) is 11.8 Å². The number of thioether (sulfide) groups is 1. The molecule has 0 spiro atoms. The fraction of sp³-hybridized carbons (Fsp3) is 0.542. The Labute approximate surface area is 187 Å². The van der Waals surface area contributed by atoms with Crippen LogP contribution in [0.15, 0.2) is 52.4 Å². The van der Waals surface area contributed by atoms with Crippen molar-refractivity contribution in [2.24, 2.45) is 28.7 Å². The normalized spacial score (nSPS) is 30.1. The number of carbonyl (C=O) groups excluding carboxylic acids is 2. The molecule has 164 valence electrons. The number of guanidine groups is 1. The Bertz CT molecular complexity index is 881. The number of allylic oxidation sites excluding steroid dienone is 2. The summed E-state index contributed by atoms with van der Waals surface area (Å²) in [7, 11) is 1.77. The molecule has 1 aromatic carbocycles. The molecule has 0 radical (unpaired) electrons. The SMILES string of the molecule is CN=C(NCCCN1C(=O)C2C3C=CC(C3)C2C1=O)NCC1(Sc2ccccc2)CC1. The van der Waals surface area contributed by atoms with E-state index < -0.39 is 0 Å². The largest absolute Gasteiger partial charge is 0.356 e. The molecule has 5 rings (SSSR count). The van der Waals surface area contributed by atoms with Crippen LogP contribution in [0.5, 0.6) is 0 Å². The topological polar surface area (TPSA) is 73.8 Å². The van der Waals surface area contributed by atoms with E-state index in [-0.39, 0.29) is 40.2 Å². The van der Waals surface area contributed by atoms with Gasteiger partial charge in [0.25, 0.3) is 0 Å². The summed E-state index contributed by atoms with van der Waals surface area (Å²) in [6.07, 6.45) is 8.39. The van der Waals surface area contributed by atoms with Gasteiger partial charge in [-0.05, 0) is 49.7 Å². The second kappa shape index (κ2) is 8.34. The molecule has 4 atom stereocenters. The first-order chi connectivity index (χ1) is 15.1. The lowest BCUT2D eigenvalue weighted by molar-refractivity contribution is -0.140. The fourth-order valence-corrected chi connectivity index (χ4v) is 6.53. The van der Waals surface area contributed by atoms with E-state index in [0.29, 0.717) is 13.1 Å². The molecule has 31 heavy (non-hydrogen) atoms. The molecule has 4 unspecified atom stereocenters. The molecule has 1 aliphatic heterocycles. The lowest BCUT2D eigenvalue weighted by Gasteiger charge is -2.19. The summed E-state index contributed by atoms with van der Waals surface area (Å²) in [6, 6.07) is 10.5. The molecule has 2 N–H and O–H groups in total. The van der Waals surface area contributed by atoms with Gasteiger partial charge in [-0.3, -0.25) is 19.5 Å². The van der Waals surface area contributed by atoms with Crippen LogP contribution >= 0.6 is 11.8 Å². The van der Waals surface area contributed by atoms with Crippen LogP contribution in [-0.4, -0.2) is 54.1 Å². The standard InChI is InChI=1S/C24H30N4O2S/c1-25-23(27-15-24(10-11-24)31-18-6-3-2-4-7-18)26-12-5-13-28-21(29)19-16-8-9-17(14-16)20(19)22(28)30/h2-4,6-9,16-17,19-20H,5,10-15H2,1H3,(H2,25,26,27). The van der Waals surface area contributed by atoms with Crippen LogP contribution in [-0.2, 0) is 9.59 Å². The number of fused-ring (bicyclic) bond motifs is 5. The summed E-state index contributed by atoms with van der Waals surface area (Å²) in [5, 5.41) is 6.79. The summed E-state index contributed by atoms with van der Waals surface area (Å²) in [6.45, 7) is 2.03. The van der Waals surface area contributed by atoms with Gasteiger partial charge in [0.05, 0.1) is 11.8 Å². The molecule has 2 saturated carbocycles. The lowest BCUT2D eigenvalue weighted by Crippen LogP contribution is -2.42. The van der Waals surface area contributed by atoms with Crippen molar-refractivity contribution in [3.05, 3.63) is 42.5 Å². The molecular weight excluding hydrogens is 408 g/mol. The molecule has 3 aliphatic carbocycles. The maximum atomic E-state index is 12.8. The van der Waals surface area contributed by atoms with Gasteiger partial charge in [-0.2, -0.15) is 0 Å². The molecule has 1 heterocycles. The van der Waals surface area contributed by atoms with Gasteiger partial charge in [0.2, 0.25) is 11.8 Å². The van der Waals surface area contributed by atoms with Crippen LogP contribution in [0.1, 0.15) is 25.7 Å². The Hall–Kier alpha value is -2.28. The second-order valence-electron chi connectivity index (χ2n) is 9.13. The molecular formula is C24H30N4O2S. The summed E-state index contributed by atoms with van der Waals surface area (Å²) >= 11 is 1.94. The van der Waals surface area contributed by atoms with E-state index in [9.17, 15) is 9.59 Å². The van der Waals surface area contributed by atoms with Crippen molar-refractivity contribution in [1.82, 2.24) is 15.5 Å². The lowest BCUT2D eigenvalue weighted by atomic mass is 9.85. The fourth-order valence-electron chi connectivity index (χ4n) is 5.29. The molecule has 1 aromatic rings. The van der Waals surface area contributed by atoms with Gasteiger partial charge < -0.3 is 10.6 Å². The number of hydrogen-bond donors (Lipinski definition) is 2. The predicted molar refractivity (Wildman–Crippen MR) is 123 cm³/mol. The van der Waals surface area contributed by atoms with E-state index in [1.165, 1.54) is 22.6 Å². The summed E-state index contributed by atoms with van der Waals surface area (Å²) in [5.41, 5.74) is 0. The minimum absolute atomic E-state index is 0.0444. The Kier molecular flexibility index (Phi) is 5.54. The van der Waals surface area contributed by atoms with Crippen molar-refractivity contribution >= 4 is 29.5 Å². The number of amides is 2. The first kappa shape index (κ1) is 20.6. The van der Waals surface area contributed by atoms with Crippen molar-refractivity contribution in [1.29, 1.82) is 0 Å². The minimum Gasteiger partial charge on any atom is -0.356 e. The molecule has 4 aliphatic rings. The number of benzene rings is 1. The Morgan fingerprint density at radius 2 is 1.77 bits per heavy atom. The number of rotatable bonds is 8. The molecule has 3 fully saturated rings. The molecule has 1 saturated heterocycles. The van der Waals surface area contributed by atoms with Gasteiger partial charge in [-0.25, -0.2) is 0 Å². The maximum Gasteiger partial charge on any atom is 0.233 e. The van der Waals surface area contributed by atoms with Crippen LogP contribution in [0, 0.1) is 23.7 Å². The molecule has 6 nitrogen and oxygen atoms in total. The Morgan fingerprint density at radius 3 is 2.39 bits per heavy atom. The van der Waals surface area contributed by atoms with E-state index in [2.05, 4.69) is 52.0 Å². The Morgan fingerprint density at radius 1 is 1.10 bits per heavy atom. The number of aliphatic imine (C=N–C) groups is 1. The first-order valence-corrected chi connectivity index (χ1v) is 12.1. The third kappa shape index (κ3) is 4.00. The van der Waals surface area contributed by atoms with Crippen LogP contribution < -0.4 is 10.6 Å². The number of hydrogen-bond acceptors (Lipinski definition) is 4. The van der Waals surface area contributed by atoms with Crippen LogP contribution in [0.4, 0.5) is 0 Å². The predicted octanol–water partition coefficient (Wildman–Crippen LogP) is 2.67. The zero-order valence-electron chi connectivity index (χ0n) is 17.9. The summed E-state index contributed by atoms with van der Waals surface area (Å²) in [4.78, 5) is 32.6. The minimum atomic E-state index is -0.0956. The monoisotopic (exact) mass is 438 g/mol. The number of carbonyl (C=O) groups is 2. The molecule has 2 bridgehead atoms. The first-order valence-electron chi connectivity index (χ1n) is 11.3. The maximum absolute atomic E-state index is 12.8. The second-order valence-corrected chi connectivity index (χ2v) is 10.7. The van der Waals surface area contributed by atoms with Gasteiger partial charge in [-0.1, -0.05) is 30.4 Å². The van der Waals surface area contributed by atoms with E-state index in [1.807, 2.05) is 17.8 Å². The van der Waals surface area contributed by atoms with Crippen molar-refractivity contribution in [2.75, 3.05) is 26.7 Å². The third-order valence-corrected chi connectivity index (χ3v) is 8.59. The van der Waals surface area contributed by atoms with Crippen LogP contribution in [0.25, 0.3) is 0 Å². The average Bonchev–Trinajstić information content (AvgIpc) is 3.12. The van der Waals surface area contributed by atoms with E-state index in [1.54, 1.807) is 7.05 Å². The zero-order valence-corrected chi connectivity index (χ0v) is 18.7. The van der Waals surface area contributed by atoms with E-state index >= 15 is 0 Å². The van der Waals surface area contributed by atoms with Crippen molar-refractivity contribution in [3.8, 4) is 0 Å². The highest BCUT2D eigenvalue weighted by Crippen LogP contribution is 2.52. The quantitative estimate of drug-likeness (QED) is 0.215. The molecule has 2 amide bonds. The van der Waals surface area contributed by atoms with Gasteiger partial charge in [0, 0.05) is 36.3 Å². The van der Waals surface area contributed by atoms with E-state index in [0.717, 1.165) is 25.3 Å². The summed E-state index contributed by atoms with van der Waals surface area (Å²) < 4.78 is 0.249. The highest BCUT2D eigenvalue weighted by molar-refractivity contribution is 8.01. The number of nitrogens with one attached hydrogen (secondary N) is 2. The van der Waals surface area contributed by atoms with Gasteiger partial charge >= 0.3 is 0 Å². The number of imide groups is 1. The van der Waals surface area contributed by atoms with Crippen LogP contribution in [0.3, 0.4) is 0 Å². The molecule has 0 aromatic heterocycles. The van der Waals surface area contributed by atoms with Crippen molar-refractivity contribution in [2.45, 2.75) is 35.3 Å². The van der Waals surface area contributed by atoms with Gasteiger partial charge in [0.1, 0.15) is 0 Å². The van der Waals surface area contributed by atoms with E-state index in [4.69, 9.17) is 0 Å². The average molecular weight is 439 g/mol. The third-order valence-electron chi connectivity index (χ3n) is 7.10. The van der Waals surface area contributed by atoms with Crippen molar-refractivity contribution < 1.29 is 9.59 Å². The van der Waals surface area contributed by atoms with Crippen LogP contribution in [0.2, 0.25) is 0 Å². The molecule has 7 heteroatoms. The summed E-state index contributed by atoms with van der Waals surface area (Å²) in [5.74, 6) is 1.23. The number of likely N-dealkylation sites (tertiary alicyclic amines) is 1. The van der Waals surface area contributed by atoms with Crippen molar-refractivity contribution in [3.63, 3.8) is 0 Å². The highest BCUT2D eigenvalue weighted by atomic mass is 32.2. The zero-order chi connectivity index (χ0) is 21.4.